The number of hydrogen-bond donors (Lipinski definition) is 2. The van der Waals surface area contributed by atoms with Crippen molar-refractivity contribution in [3.8, 4) is 0 Å². The average Bonchev–Trinajstić information content (AvgIpc) is 3.24. The molecule has 4 rings (SSSR count). The van der Waals surface area contributed by atoms with Crippen LogP contribution in [0.5, 0.6) is 0 Å². The molecule has 0 bridgehead atoms. The van der Waals surface area contributed by atoms with Gasteiger partial charge in [-0.1, -0.05) is 76.6 Å². The third-order valence-corrected chi connectivity index (χ3v) is 6.85. The average molecular weight is 537 g/mol. The molecule has 4 unspecified atom stereocenters. The Morgan fingerprint density at radius 2 is 1.43 bits per heavy atom. The van der Waals surface area contributed by atoms with Crippen LogP contribution < -0.4 is 10.6 Å². The molecule has 0 radical (unpaired) electrons. The summed E-state index contributed by atoms with van der Waals surface area (Å²) >= 11 is 3.43. The molecule has 1 aliphatic rings. The summed E-state index contributed by atoms with van der Waals surface area (Å²) in [5, 5.41) is 6.27. The lowest BCUT2D eigenvalue weighted by atomic mass is 9.73. The van der Waals surface area contributed by atoms with Crippen LogP contribution >= 0.6 is 15.9 Å². The molecule has 0 aliphatic carbocycles. The Morgan fingerprint density at radius 3 is 2.00 bits per heavy atom. The van der Waals surface area contributed by atoms with Gasteiger partial charge in [-0.2, -0.15) is 0 Å². The Labute approximate surface area is 212 Å². The van der Waals surface area contributed by atoms with Crippen LogP contribution in [-0.4, -0.2) is 43.6 Å². The highest BCUT2D eigenvalue weighted by atomic mass is 79.9. The van der Waals surface area contributed by atoms with Gasteiger partial charge in [0.15, 0.2) is 5.54 Å². The first-order valence-corrected chi connectivity index (χ1v) is 11.8. The summed E-state index contributed by atoms with van der Waals surface area (Å²) < 4.78 is 11.3. The standard InChI is InChI=1S/C27H25BrN2O5/c1-34-25(32)22-21(17-13-15-20(28)16-14-17)27(26(33)35-2,23(29-22)18-9-5-3-6-10-18)30-24(31)19-11-7-4-8-12-19/h3-16,21-23,29H,1-2H3,(H,30,31). The normalized spacial score (nSPS) is 23.3. The first-order chi connectivity index (χ1) is 16.9. The summed E-state index contributed by atoms with van der Waals surface area (Å²) in [4.78, 5) is 40.3. The minimum Gasteiger partial charge on any atom is -0.468 e. The number of ether oxygens (including phenoxy) is 2. The smallest absolute Gasteiger partial charge is 0.334 e. The van der Waals surface area contributed by atoms with E-state index in [-0.39, 0.29) is 0 Å². The van der Waals surface area contributed by atoms with Gasteiger partial charge in [0.05, 0.1) is 20.3 Å². The Kier molecular flexibility index (Phi) is 7.33. The fourth-order valence-electron chi connectivity index (χ4n) is 4.78. The van der Waals surface area contributed by atoms with Gasteiger partial charge in [-0.3, -0.25) is 14.9 Å². The summed E-state index contributed by atoms with van der Waals surface area (Å²) in [7, 11) is 2.56. The van der Waals surface area contributed by atoms with Crippen LogP contribution in [0.4, 0.5) is 0 Å². The molecule has 1 heterocycles. The predicted molar refractivity (Wildman–Crippen MR) is 134 cm³/mol. The minimum absolute atomic E-state index is 0.374. The molecule has 1 fully saturated rings. The van der Waals surface area contributed by atoms with Crippen molar-refractivity contribution in [3.05, 3.63) is 106 Å². The van der Waals surface area contributed by atoms with Crippen LogP contribution in [0.15, 0.2) is 89.4 Å². The number of amides is 1. The molecule has 0 saturated carbocycles. The number of carbonyl (C=O) groups excluding carboxylic acids is 3. The van der Waals surface area contributed by atoms with E-state index in [4.69, 9.17) is 9.47 Å². The predicted octanol–water partition coefficient (Wildman–Crippen LogP) is 3.76. The lowest BCUT2D eigenvalue weighted by Gasteiger charge is -2.38. The van der Waals surface area contributed by atoms with E-state index in [9.17, 15) is 14.4 Å². The van der Waals surface area contributed by atoms with Gasteiger partial charge >= 0.3 is 11.9 Å². The first-order valence-electron chi connectivity index (χ1n) is 11.0. The maximum atomic E-state index is 13.8. The SMILES string of the molecule is COC(=O)C1NC(c2ccccc2)C(NC(=O)c2ccccc2)(C(=O)OC)C1c1ccc(Br)cc1. The molecule has 3 aromatic carbocycles. The molecule has 0 aromatic heterocycles. The van der Waals surface area contributed by atoms with Crippen LogP contribution in [0.25, 0.3) is 0 Å². The van der Waals surface area contributed by atoms with Crippen LogP contribution in [0.2, 0.25) is 0 Å². The number of hydrogen-bond acceptors (Lipinski definition) is 6. The zero-order valence-corrected chi connectivity index (χ0v) is 20.8. The number of methoxy groups -OCH3 is 2. The second kappa shape index (κ2) is 10.4. The second-order valence-electron chi connectivity index (χ2n) is 8.22. The van der Waals surface area contributed by atoms with Gasteiger partial charge in [0.2, 0.25) is 0 Å². The van der Waals surface area contributed by atoms with Crippen molar-refractivity contribution in [3.63, 3.8) is 0 Å². The Hall–Kier alpha value is -3.49. The number of esters is 2. The van der Waals surface area contributed by atoms with E-state index in [1.165, 1.54) is 14.2 Å². The molecule has 0 spiro atoms. The molecule has 4 atom stereocenters. The molecule has 2 N–H and O–H groups in total. The lowest BCUT2D eigenvalue weighted by Crippen LogP contribution is -2.61. The molecule has 35 heavy (non-hydrogen) atoms. The van der Waals surface area contributed by atoms with Gasteiger partial charge in [-0.15, -0.1) is 0 Å². The molecule has 8 heteroatoms. The highest BCUT2D eigenvalue weighted by Crippen LogP contribution is 2.48. The summed E-state index contributed by atoms with van der Waals surface area (Å²) in [5.74, 6) is -2.54. The van der Waals surface area contributed by atoms with Gasteiger partial charge in [0.1, 0.15) is 6.04 Å². The van der Waals surface area contributed by atoms with Crippen molar-refractivity contribution in [2.45, 2.75) is 23.5 Å². The van der Waals surface area contributed by atoms with E-state index in [2.05, 4.69) is 26.6 Å². The van der Waals surface area contributed by atoms with E-state index < -0.39 is 41.4 Å². The van der Waals surface area contributed by atoms with Gasteiger partial charge in [-0.05, 0) is 35.4 Å². The number of benzene rings is 3. The van der Waals surface area contributed by atoms with E-state index in [1.807, 2.05) is 54.6 Å². The van der Waals surface area contributed by atoms with Gasteiger partial charge in [0.25, 0.3) is 5.91 Å². The second-order valence-corrected chi connectivity index (χ2v) is 9.14. The fraction of sp³-hybridized carbons (Fsp3) is 0.222. The van der Waals surface area contributed by atoms with Crippen molar-refractivity contribution in [1.82, 2.24) is 10.6 Å². The molecule has 180 valence electrons. The van der Waals surface area contributed by atoms with E-state index in [1.54, 1.807) is 30.3 Å². The monoisotopic (exact) mass is 536 g/mol. The van der Waals surface area contributed by atoms with Crippen LogP contribution in [-0.2, 0) is 19.1 Å². The zero-order valence-electron chi connectivity index (χ0n) is 19.2. The highest BCUT2D eigenvalue weighted by molar-refractivity contribution is 9.10. The van der Waals surface area contributed by atoms with Crippen LogP contribution in [0.1, 0.15) is 33.4 Å². The Balaban J connectivity index is 1.96. The van der Waals surface area contributed by atoms with Gasteiger partial charge in [0, 0.05) is 16.0 Å². The Bertz CT molecular complexity index is 1200. The number of nitrogens with one attached hydrogen (secondary N) is 2. The quantitative estimate of drug-likeness (QED) is 0.466. The van der Waals surface area contributed by atoms with Gasteiger partial charge in [-0.25, -0.2) is 4.79 Å². The molecule has 7 nitrogen and oxygen atoms in total. The van der Waals surface area contributed by atoms with E-state index in [0.29, 0.717) is 16.7 Å². The molecule has 1 amide bonds. The molecule has 3 aromatic rings. The van der Waals surface area contributed by atoms with Crippen molar-refractivity contribution in [2.75, 3.05) is 14.2 Å². The topological polar surface area (TPSA) is 93.7 Å². The molecular formula is C27H25BrN2O5. The highest BCUT2D eigenvalue weighted by Gasteiger charge is 2.64. The van der Waals surface area contributed by atoms with Crippen molar-refractivity contribution < 1.29 is 23.9 Å². The number of rotatable bonds is 6. The van der Waals surface area contributed by atoms with Crippen molar-refractivity contribution >= 4 is 33.8 Å². The maximum absolute atomic E-state index is 13.8. The van der Waals surface area contributed by atoms with Crippen molar-refractivity contribution in [2.24, 2.45) is 0 Å². The van der Waals surface area contributed by atoms with Crippen molar-refractivity contribution in [1.29, 1.82) is 0 Å². The lowest BCUT2D eigenvalue weighted by molar-refractivity contribution is -0.150. The third-order valence-electron chi connectivity index (χ3n) is 6.32. The Morgan fingerprint density at radius 1 is 0.829 bits per heavy atom. The fourth-order valence-corrected chi connectivity index (χ4v) is 5.04. The van der Waals surface area contributed by atoms with E-state index >= 15 is 0 Å². The summed E-state index contributed by atoms with van der Waals surface area (Å²) in [6, 6.07) is 23.3. The van der Waals surface area contributed by atoms with Crippen LogP contribution in [0, 0.1) is 0 Å². The van der Waals surface area contributed by atoms with Gasteiger partial charge < -0.3 is 14.8 Å². The number of halogens is 1. The molecular weight excluding hydrogens is 512 g/mol. The largest absolute Gasteiger partial charge is 0.468 e. The van der Waals surface area contributed by atoms with Crippen LogP contribution in [0.3, 0.4) is 0 Å². The molecule has 1 aliphatic heterocycles. The molecule has 1 saturated heterocycles. The number of carbonyl (C=O) groups is 3. The third kappa shape index (κ3) is 4.59. The summed E-state index contributed by atoms with van der Waals surface area (Å²) in [5.41, 5.74) is 0.0714. The summed E-state index contributed by atoms with van der Waals surface area (Å²) in [6.45, 7) is 0. The van der Waals surface area contributed by atoms with E-state index in [0.717, 1.165) is 4.47 Å². The first kappa shape index (κ1) is 24.6. The minimum atomic E-state index is -1.67. The maximum Gasteiger partial charge on any atom is 0.334 e. The summed E-state index contributed by atoms with van der Waals surface area (Å²) in [6.07, 6.45) is 0. The zero-order chi connectivity index (χ0) is 25.0.